The van der Waals surface area contributed by atoms with Gasteiger partial charge in [-0.05, 0) is 45.4 Å². The maximum absolute atomic E-state index is 12.5. The van der Waals surface area contributed by atoms with E-state index in [4.69, 9.17) is 5.73 Å². The topological polar surface area (TPSA) is 160 Å². The number of aromatic nitrogens is 5. The molecule has 0 saturated carbocycles. The summed E-state index contributed by atoms with van der Waals surface area (Å²) in [5.41, 5.74) is 9.17. The lowest BCUT2D eigenvalue weighted by Gasteiger charge is -2.19. The van der Waals surface area contributed by atoms with Gasteiger partial charge in [0.25, 0.3) is 0 Å². The first kappa shape index (κ1) is 27.1. The van der Waals surface area contributed by atoms with Crippen LogP contribution in [0, 0.1) is 0 Å². The molecular formula is C24H29N9O3S2. The minimum Gasteiger partial charge on any atom is -0.351 e. The Morgan fingerprint density at radius 2 is 1.61 bits per heavy atom. The minimum absolute atomic E-state index is 0.0198. The van der Waals surface area contributed by atoms with E-state index in [-0.39, 0.29) is 5.95 Å². The van der Waals surface area contributed by atoms with Crippen molar-refractivity contribution >= 4 is 54.6 Å². The van der Waals surface area contributed by atoms with Gasteiger partial charge in [0, 0.05) is 62.1 Å². The number of nitrogens with one attached hydrogen (secondary N) is 1. The van der Waals surface area contributed by atoms with Gasteiger partial charge in [0.1, 0.15) is 0 Å². The number of sulfonamides is 1. The molecule has 0 fully saturated rings. The molecule has 2 amide bonds. The van der Waals surface area contributed by atoms with Gasteiger partial charge in [0.2, 0.25) is 21.9 Å². The molecule has 3 N–H and O–H groups in total. The zero-order valence-corrected chi connectivity index (χ0v) is 23.6. The summed E-state index contributed by atoms with van der Waals surface area (Å²) in [4.78, 5) is 37.2. The Morgan fingerprint density at radius 1 is 1.00 bits per heavy atom. The molecule has 0 aliphatic rings. The second-order valence-corrected chi connectivity index (χ2v) is 13.0. The predicted octanol–water partition coefficient (Wildman–Crippen LogP) is 3.72. The van der Waals surface area contributed by atoms with E-state index in [1.54, 1.807) is 50.5 Å². The summed E-state index contributed by atoms with van der Waals surface area (Å²) in [6.07, 6.45) is 6.54. The number of carbonyl (C=O) groups excluding carboxylic acids is 1. The fourth-order valence-corrected chi connectivity index (χ4v) is 5.20. The number of primary amides is 1. The second-order valence-electron chi connectivity index (χ2n) is 9.63. The van der Waals surface area contributed by atoms with Crippen LogP contribution in [0.3, 0.4) is 0 Å². The fraction of sp³-hybridized carbons (Fsp3) is 0.333. The van der Waals surface area contributed by atoms with E-state index in [0.29, 0.717) is 28.7 Å². The molecule has 0 bridgehead atoms. The van der Waals surface area contributed by atoms with Crippen LogP contribution in [0.5, 0.6) is 0 Å². The van der Waals surface area contributed by atoms with E-state index in [1.165, 1.54) is 16.2 Å². The van der Waals surface area contributed by atoms with Crippen molar-refractivity contribution in [2.24, 2.45) is 5.73 Å². The van der Waals surface area contributed by atoms with E-state index >= 15 is 0 Å². The van der Waals surface area contributed by atoms with Crippen molar-refractivity contribution in [1.82, 2.24) is 24.9 Å². The van der Waals surface area contributed by atoms with Crippen LogP contribution in [0.15, 0.2) is 36.9 Å². The summed E-state index contributed by atoms with van der Waals surface area (Å²) >= 11 is 1.35. The van der Waals surface area contributed by atoms with Gasteiger partial charge in [-0.1, -0.05) is 11.3 Å². The molecule has 0 unspecified atom stereocenters. The third kappa shape index (κ3) is 5.36. The summed E-state index contributed by atoms with van der Waals surface area (Å²) < 4.78 is 27.2. The smallest absolute Gasteiger partial charge is 0.321 e. The van der Waals surface area contributed by atoms with Gasteiger partial charge < -0.3 is 10.6 Å². The number of anilines is 3. The van der Waals surface area contributed by atoms with E-state index < -0.39 is 20.8 Å². The van der Waals surface area contributed by atoms with Crippen LogP contribution in [0.2, 0.25) is 0 Å². The Labute approximate surface area is 225 Å². The molecule has 0 atom stereocenters. The molecule has 1 aromatic carbocycles. The SMILES string of the molecule is CCN(C(N)=O)c1nc2cc(-c3cnc(NS(=O)(=O)C(C)(C)C)nc3)cc(-c3cnc(N(C)C)nc3)c2s1. The van der Waals surface area contributed by atoms with Crippen molar-refractivity contribution in [3.63, 3.8) is 0 Å². The van der Waals surface area contributed by atoms with Crippen LogP contribution in [-0.2, 0) is 10.0 Å². The van der Waals surface area contributed by atoms with Crippen molar-refractivity contribution < 1.29 is 13.2 Å². The molecule has 0 saturated heterocycles. The van der Waals surface area contributed by atoms with Crippen LogP contribution in [0.4, 0.5) is 21.8 Å². The van der Waals surface area contributed by atoms with Gasteiger partial charge in [-0.15, -0.1) is 0 Å². The number of thiazole rings is 1. The van der Waals surface area contributed by atoms with Crippen molar-refractivity contribution in [3.05, 3.63) is 36.9 Å². The molecule has 4 rings (SSSR count). The first-order valence-electron chi connectivity index (χ1n) is 11.7. The molecule has 3 aromatic heterocycles. The van der Waals surface area contributed by atoms with E-state index in [9.17, 15) is 13.2 Å². The number of nitrogens with two attached hydrogens (primary N) is 1. The number of rotatable bonds is 7. The fourth-order valence-electron chi connectivity index (χ4n) is 3.40. The molecular weight excluding hydrogens is 526 g/mol. The lowest BCUT2D eigenvalue weighted by atomic mass is 10.0. The molecule has 0 aliphatic carbocycles. The van der Waals surface area contributed by atoms with Gasteiger partial charge in [-0.2, -0.15) is 0 Å². The molecule has 0 radical (unpaired) electrons. The van der Waals surface area contributed by atoms with Gasteiger partial charge in [-0.25, -0.2) is 38.1 Å². The highest BCUT2D eigenvalue weighted by Gasteiger charge is 2.29. The van der Waals surface area contributed by atoms with E-state index in [2.05, 4.69) is 29.6 Å². The van der Waals surface area contributed by atoms with Crippen LogP contribution in [0.25, 0.3) is 32.5 Å². The highest BCUT2D eigenvalue weighted by atomic mass is 32.2. The number of amides is 2. The molecule has 14 heteroatoms. The van der Waals surface area contributed by atoms with E-state index in [0.717, 1.165) is 21.4 Å². The highest BCUT2D eigenvalue weighted by Crippen LogP contribution is 2.39. The number of nitrogens with zero attached hydrogens (tertiary/aromatic N) is 7. The van der Waals surface area contributed by atoms with Crippen molar-refractivity contribution in [3.8, 4) is 22.3 Å². The zero-order valence-electron chi connectivity index (χ0n) is 21.9. The van der Waals surface area contributed by atoms with Crippen molar-refractivity contribution in [2.75, 3.05) is 35.2 Å². The zero-order chi connectivity index (χ0) is 27.8. The van der Waals surface area contributed by atoms with Gasteiger partial charge >= 0.3 is 6.03 Å². The number of carbonyl (C=O) groups is 1. The molecule has 3 heterocycles. The Morgan fingerprint density at radius 3 is 2.13 bits per heavy atom. The lowest BCUT2D eigenvalue weighted by molar-refractivity contribution is 0.254. The highest BCUT2D eigenvalue weighted by molar-refractivity contribution is 7.94. The number of fused-ring (bicyclic) bond motifs is 1. The monoisotopic (exact) mass is 555 g/mol. The second kappa shape index (κ2) is 10.1. The number of hydrogen-bond donors (Lipinski definition) is 2. The standard InChI is InChI=1S/C24H29N9O3S2/c1-7-33(20(25)34)23-30-18-9-14(15-10-26-21(27-11-15)31-38(35,36)24(2,3)4)8-17(19(18)37-23)16-12-28-22(29-13-16)32(5)6/h8-13H,7H2,1-6H3,(H2,25,34)(H,26,27,31). The average Bonchev–Trinajstić information content (AvgIpc) is 3.27. The molecule has 38 heavy (non-hydrogen) atoms. The minimum atomic E-state index is -3.67. The van der Waals surface area contributed by atoms with Crippen molar-refractivity contribution in [1.29, 1.82) is 0 Å². The Hall–Kier alpha value is -3.91. The van der Waals surface area contributed by atoms with Crippen LogP contribution in [-0.4, -0.2) is 64.8 Å². The third-order valence-corrected chi connectivity index (χ3v) is 8.85. The molecule has 0 spiro atoms. The van der Waals surface area contributed by atoms with Gasteiger partial charge in [0.15, 0.2) is 5.13 Å². The summed E-state index contributed by atoms with van der Waals surface area (Å²) in [7, 11) is 0.0497. The normalized spacial score (nSPS) is 11.9. The molecule has 200 valence electrons. The Balaban J connectivity index is 1.82. The Kier molecular flexibility index (Phi) is 7.21. The summed E-state index contributed by atoms with van der Waals surface area (Å²) in [5.74, 6) is 0.548. The number of benzene rings is 1. The molecule has 12 nitrogen and oxygen atoms in total. The van der Waals surface area contributed by atoms with E-state index in [1.807, 2.05) is 33.2 Å². The first-order chi connectivity index (χ1) is 17.8. The maximum Gasteiger partial charge on any atom is 0.321 e. The van der Waals surface area contributed by atoms with Gasteiger partial charge in [0.05, 0.1) is 15.0 Å². The molecule has 0 aliphatic heterocycles. The largest absolute Gasteiger partial charge is 0.351 e. The van der Waals surface area contributed by atoms with Crippen LogP contribution in [0.1, 0.15) is 27.7 Å². The van der Waals surface area contributed by atoms with Gasteiger partial charge in [-0.3, -0.25) is 9.62 Å². The lowest BCUT2D eigenvalue weighted by Crippen LogP contribution is -2.35. The Bertz CT molecular complexity index is 1580. The maximum atomic E-state index is 12.5. The van der Waals surface area contributed by atoms with Crippen molar-refractivity contribution in [2.45, 2.75) is 32.4 Å². The summed E-state index contributed by atoms with van der Waals surface area (Å²) in [6, 6.07) is 3.21. The molecule has 4 aromatic rings. The first-order valence-corrected chi connectivity index (χ1v) is 14.0. The quantitative estimate of drug-likeness (QED) is 0.346. The number of urea groups is 1. The predicted molar refractivity (Wildman–Crippen MR) is 151 cm³/mol. The third-order valence-electron chi connectivity index (χ3n) is 5.66. The van der Waals surface area contributed by atoms with Crippen LogP contribution < -0.4 is 20.3 Å². The number of hydrogen-bond acceptors (Lipinski definition) is 10. The van der Waals surface area contributed by atoms with Crippen LogP contribution >= 0.6 is 11.3 Å². The average molecular weight is 556 g/mol. The summed E-state index contributed by atoms with van der Waals surface area (Å²) in [5, 5.41) is 0.474. The summed E-state index contributed by atoms with van der Waals surface area (Å²) in [6.45, 7) is 6.97.